The summed E-state index contributed by atoms with van der Waals surface area (Å²) in [6, 6.07) is 6.49. The number of amides is 2. The van der Waals surface area contributed by atoms with E-state index in [1.165, 1.54) is 7.05 Å². The summed E-state index contributed by atoms with van der Waals surface area (Å²) in [4.78, 5) is 48.1. The highest BCUT2D eigenvalue weighted by atomic mass is 16.5. The molecule has 1 aromatic carbocycles. The normalized spacial score (nSPS) is 24.0. The van der Waals surface area contributed by atoms with Gasteiger partial charge in [-0.3, -0.25) is 19.2 Å². The predicted octanol–water partition coefficient (Wildman–Crippen LogP) is 1.92. The van der Waals surface area contributed by atoms with Gasteiger partial charge in [0, 0.05) is 30.1 Å². The van der Waals surface area contributed by atoms with Crippen LogP contribution in [0.4, 0.5) is 5.69 Å². The zero-order valence-corrected chi connectivity index (χ0v) is 15.3. The number of anilines is 1. The number of carbonyl (C=O) groups excluding carboxylic acids is 4. The highest BCUT2D eigenvalue weighted by molar-refractivity contribution is 5.97. The Morgan fingerprint density at radius 3 is 2.52 bits per heavy atom. The molecular formula is C20H24N2O5. The fraction of sp³-hybridized carbons (Fsp3) is 0.500. The number of hydrogen-bond acceptors (Lipinski definition) is 5. The number of ether oxygens (including phenoxy) is 1. The molecule has 0 unspecified atom stereocenters. The van der Waals surface area contributed by atoms with Crippen LogP contribution in [-0.2, 0) is 19.1 Å². The van der Waals surface area contributed by atoms with Crippen molar-refractivity contribution in [2.75, 3.05) is 19.0 Å². The maximum absolute atomic E-state index is 12.3. The lowest BCUT2D eigenvalue weighted by Crippen LogP contribution is -2.40. The first-order valence-electron chi connectivity index (χ1n) is 9.30. The van der Waals surface area contributed by atoms with Gasteiger partial charge in [0.25, 0.3) is 11.8 Å². The van der Waals surface area contributed by atoms with Gasteiger partial charge < -0.3 is 15.4 Å². The second-order valence-corrected chi connectivity index (χ2v) is 7.21. The van der Waals surface area contributed by atoms with E-state index >= 15 is 0 Å². The summed E-state index contributed by atoms with van der Waals surface area (Å²) in [5.41, 5.74) is 0.876. The molecule has 7 heteroatoms. The molecule has 2 saturated carbocycles. The number of nitrogens with one attached hydrogen (secondary N) is 2. The monoisotopic (exact) mass is 372 g/mol. The van der Waals surface area contributed by atoms with E-state index < -0.39 is 11.9 Å². The first kappa shape index (κ1) is 19.1. The maximum atomic E-state index is 12.3. The lowest BCUT2D eigenvalue weighted by molar-refractivity contribution is -0.155. The Bertz CT molecular complexity index is 744. The Hall–Kier alpha value is -2.70. The fourth-order valence-electron chi connectivity index (χ4n) is 4.01. The average Bonchev–Trinajstić information content (AvgIpc) is 2.65. The van der Waals surface area contributed by atoms with Crippen LogP contribution in [0.15, 0.2) is 24.3 Å². The second-order valence-electron chi connectivity index (χ2n) is 7.21. The Morgan fingerprint density at radius 1 is 1.15 bits per heavy atom. The summed E-state index contributed by atoms with van der Waals surface area (Å²) in [7, 11) is 1.53. The van der Waals surface area contributed by atoms with E-state index in [0.717, 1.165) is 19.3 Å². The molecule has 2 atom stereocenters. The molecule has 0 heterocycles. The smallest absolute Gasteiger partial charge is 0.309 e. The van der Waals surface area contributed by atoms with E-state index in [1.807, 2.05) is 0 Å². The maximum Gasteiger partial charge on any atom is 0.309 e. The van der Waals surface area contributed by atoms with Gasteiger partial charge in [-0.15, -0.1) is 0 Å². The van der Waals surface area contributed by atoms with Gasteiger partial charge in [0.2, 0.25) is 0 Å². The molecule has 0 saturated heterocycles. The third-order valence-electron chi connectivity index (χ3n) is 5.36. The largest absolute Gasteiger partial charge is 0.455 e. The van der Waals surface area contributed by atoms with Crippen molar-refractivity contribution in [3.05, 3.63) is 29.8 Å². The van der Waals surface area contributed by atoms with E-state index in [4.69, 9.17) is 4.74 Å². The molecule has 144 valence electrons. The first-order chi connectivity index (χ1) is 13.0. The van der Waals surface area contributed by atoms with Gasteiger partial charge in [0.15, 0.2) is 6.61 Å². The Labute approximate surface area is 157 Å². The van der Waals surface area contributed by atoms with Crippen LogP contribution in [0.2, 0.25) is 0 Å². The van der Waals surface area contributed by atoms with Crippen molar-refractivity contribution in [3.8, 4) is 0 Å². The predicted molar refractivity (Wildman–Crippen MR) is 98.0 cm³/mol. The van der Waals surface area contributed by atoms with Crippen LogP contribution < -0.4 is 10.6 Å². The van der Waals surface area contributed by atoms with E-state index in [-0.39, 0.29) is 30.3 Å². The van der Waals surface area contributed by atoms with Gasteiger partial charge in [0.05, 0.1) is 5.92 Å². The highest BCUT2D eigenvalue weighted by Crippen LogP contribution is 2.40. The number of hydrogen-bond donors (Lipinski definition) is 2. The van der Waals surface area contributed by atoms with Crippen molar-refractivity contribution >= 4 is 29.3 Å². The molecular weight excluding hydrogens is 348 g/mol. The number of benzene rings is 1. The van der Waals surface area contributed by atoms with E-state index in [9.17, 15) is 19.2 Å². The van der Waals surface area contributed by atoms with Crippen molar-refractivity contribution in [2.24, 2.45) is 17.8 Å². The van der Waals surface area contributed by atoms with E-state index in [0.29, 0.717) is 29.9 Å². The molecule has 2 bridgehead atoms. The zero-order valence-electron chi connectivity index (χ0n) is 15.3. The quantitative estimate of drug-likeness (QED) is 0.769. The van der Waals surface area contributed by atoms with Gasteiger partial charge in [-0.25, -0.2) is 0 Å². The number of Topliss-reactive ketones (excluding diaryl/α,β-unsaturated/α-hetero) is 1. The van der Waals surface area contributed by atoms with Crippen LogP contribution in [0.3, 0.4) is 0 Å². The van der Waals surface area contributed by atoms with Crippen LogP contribution in [0.1, 0.15) is 42.5 Å². The molecule has 0 radical (unpaired) electrons. The minimum atomic E-state index is -0.468. The molecule has 2 N–H and O–H groups in total. The van der Waals surface area contributed by atoms with Crippen LogP contribution in [0.25, 0.3) is 0 Å². The van der Waals surface area contributed by atoms with Gasteiger partial charge in [-0.2, -0.15) is 0 Å². The Morgan fingerprint density at radius 2 is 1.85 bits per heavy atom. The van der Waals surface area contributed by atoms with Gasteiger partial charge in [0.1, 0.15) is 5.78 Å². The number of ketones is 1. The van der Waals surface area contributed by atoms with Crippen molar-refractivity contribution in [2.45, 2.75) is 32.1 Å². The van der Waals surface area contributed by atoms with Crippen molar-refractivity contribution in [1.29, 1.82) is 0 Å². The van der Waals surface area contributed by atoms with E-state index in [1.54, 1.807) is 24.3 Å². The summed E-state index contributed by atoms with van der Waals surface area (Å²) < 4.78 is 5.17. The van der Waals surface area contributed by atoms with Crippen molar-refractivity contribution in [1.82, 2.24) is 5.32 Å². The van der Waals surface area contributed by atoms with E-state index in [2.05, 4.69) is 10.6 Å². The third kappa shape index (κ3) is 4.53. The molecule has 0 aromatic heterocycles. The molecule has 0 spiro atoms. The minimum Gasteiger partial charge on any atom is -0.455 e. The highest BCUT2D eigenvalue weighted by Gasteiger charge is 2.41. The lowest BCUT2D eigenvalue weighted by atomic mass is 9.67. The summed E-state index contributed by atoms with van der Waals surface area (Å²) >= 11 is 0. The SMILES string of the molecule is CNC(=O)c1cccc(NC(=O)COC(=O)C2C[C@H]3CCC[C@H](C2)C3=O)c1. The zero-order chi connectivity index (χ0) is 19.4. The first-order valence-corrected chi connectivity index (χ1v) is 9.30. The van der Waals surface area contributed by atoms with Crippen LogP contribution >= 0.6 is 0 Å². The van der Waals surface area contributed by atoms with Gasteiger partial charge >= 0.3 is 5.97 Å². The minimum absolute atomic E-state index is 0.0312. The Kier molecular flexibility index (Phi) is 5.88. The van der Waals surface area contributed by atoms with Crippen LogP contribution in [0, 0.1) is 17.8 Å². The van der Waals surface area contributed by atoms with Crippen LogP contribution in [-0.4, -0.2) is 37.2 Å². The summed E-state index contributed by atoms with van der Waals surface area (Å²) in [5.74, 6) is -1.21. The summed E-state index contributed by atoms with van der Waals surface area (Å²) in [6.45, 7) is -0.386. The molecule has 3 rings (SSSR count). The van der Waals surface area contributed by atoms with Crippen molar-refractivity contribution in [3.63, 3.8) is 0 Å². The third-order valence-corrected chi connectivity index (χ3v) is 5.36. The molecule has 2 fully saturated rings. The molecule has 1 aromatic rings. The summed E-state index contributed by atoms with van der Waals surface area (Å²) in [6.07, 6.45) is 3.80. The number of carbonyl (C=O) groups is 4. The standard InChI is InChI=1S/C20H24N2O5/c1-21-19(25)14-6-3-7-16(10-14)22-17(23)11-27-20(26)15-8-12-4-2-5-13(9-15)18(12)24/h3,6-7,10,12-13,15H,2,4-5,8-9,11H2,1H3,(H,21,25)(H,22,23)/t12-,13-/m1/s1. The van der Waals surface area contributed by atoms with Gasteiger partial charge in [-0.05, 0) is 43.9 Å². The lowest BCUT2D eigenvalue weighted by Gasteiger charge is -2.36. The molecule has 2 amide bonds. The number of fused-ring (bicyclic) bond motifs is 2. The second kappa shape index (κ2) is 8.33. The fourth-order valence-corrected chi connectivity index (χ4v) is 4.01. The molecule has 2 aliphatic carbocycles. The topological polar surface area (TPSA) is 102 Å². The molecule has 2 aliphatic rings. The Balaban J connectivity index is 1.50. The molecule has 7 nitrogen and oxygen atoms in total. The number of esters is 1. The van der Waals surface area contributed by atoms with Gasteiger partial charge in [-0.1, -0.05) is 12.5 Å². The average molecular weight is 372 g/mol. The summed E-state index contributed by atoms with van der Waals surface area (Å²) in [5, 5.41) is 5.13. The molecule has 27 heavy (non-hydrogen) atoms. The van der Waals surface area contributed by atoms with Crippen molar-refractivity contribution < 1.29 is 23.9 Å². The van der Waals surface area contributed by atoms with Crippen LogP contribution in [0.5, 0.6) is 0 Å². The molecule has 0 aliphatic heterocycles. The number of rotatable bonds is 5.